The summed E-state index contributed by atoms with van der Waals surface area (Å²) in [6.07, 6.45) is 1.06. The second kappa shape index (κ2) is 6.14. The summed E-state index contributed by atoms with van der Waals surface area (Å²) < 4.78 is 0. The van der Waals surface area contributed by atoms with E-state index in [0.717, 1.165) is 18.7 Å². The Balaban J connectivity index is 2.56. The molecule has 0 radical (unpaired) electrons. The van der Waals surface area contributed by atoms with Gasteiger partial charge in [-0.25, -0.2) is 0 Å². The molecule has 1 rings (SSSR count). The number of nitriles is 1. The highest BCUT2D eigenvalue weighted by Crippen LogP contribution is 2.15. The van der Waals surface area contributed by atoms with Crippen LogP contribution in [0, 0.1) is 11.3 Å². The number of rotatable bonds is 5. The molecule has 0 bridgehead atoms. The fourth-order valence-electron chi connectivity index (χ4n) is 1.50. The van der Waals surface area contributed by atoms with Crippen molar-refractivity contribution in [2.45, 2.75) is 19.4 Å². The Hall–Kier alpha value is -1.53. The van der Waals surface area contributed by atoms with Crippen LogP contribution < -0.4 is 5.32 Å². The predicted molar refractivity (Wildman–Crippen MR) is 67.4 cm³/mol. The van der Waals surface area contributed by atoms with Crippen molar-refractivity contribution in [2.24, 2.45) is 0 Å². The van der Waals surface area contributed by atoms with Crippen LogP contribution in [0.25, 0.3) is 0 Å². The lowest BCUT2D eigenvalue weighted by atomic mass is 10.1. The third-order valence-electron chi connectivity index (χ3n) is 2.46. The van der Waals surface area contributed by atoms with Crippen molar-refractivity contribution in [2.75, 3.05) is 26.0 Å². The van der Waals surface area contributed by atoms with Crippen molar-refractivity contribution in [3.05, 3.63) is 29.8 Å². The molecule has 1 unspecified atom stereocenters. The largest absolute Gasteiger partial charge is 0.381 e. The predicted octanol–water partition coefficient (Wildman–Crippen LogP) is 2.31. The Bertz CT molecular complexity index is 366. The fraction of sp³-hybridized carbons (Fsp3) is 0.462. The molecular formula is C13H19N3. The summed E-state index contributed by atoms with van der Waals surface area (Å²) in [4.78, 5) is 2.16. The van der Waals surface area contributed by atoms with Gasteiger partial charge in [0.15, 0.2) is 0 Å². The highest BCUT2D eigenvalue weighted by molar-refractivity contribution is 5.57. The Kier molecular flexibility index (Phi) is 4.81. The third kappa shape index (κ3) is 3.92. The van der Waals surface area contributed by atoms with E-state index in [0.29, 0.717) is 11.6 Å². The maximum Gasteiger partial charge on any atom is 0.101 e. The zero-order valence-electron chi connectivity index (χ0n) is 10.2. The van der Waals surface area contributed by atoms with E-state index in [9.17, 15) is 0 Å². The van der Waals surface area contributed by atoms with E-state index in [4.69, 9.17) is 5.26 Å². The van der Waals surface area contributed by atoms with Gasteiger partial charge in [-0.3, -0.25) is 0 Å². The summed E-state index contributed by atoms with van der Waals surface area (Å²) in [7, 11) is 4.13. The lowest BCUT2D eigenvalue weighted by Crippen LogP contribution is -2.23. The summed E-state index contributed by atoms with van der Waals surface area (Å²) in [5.74, 6) is 0. The molecule has 0 saturated carbocycles. The lowest BCUT2D eigenvalue weighted by molar-refractivity contribution is 0.390. The van der Waals surface area contributed by atoms with Crippen LogP contribution in [0.1, 0.15) is 18.9 Å². The van der Waals surface area contributed by atoms with Crippen LogP contribution in [0.2, 0.25) is 0 Å². The lowest BCUT2D eigenvalue weighted by Gasteiger charge is -2.18. The zero-order valence-corrected chi connectivity index (χ0v) is 10.2. The second-order valence-corrected chi connectivity index (χ2v) is 4.29. The molecular weight excluding hydrogens is 198 g/mol. The van der Waals surface area contributed by atoms with Crippen molar-refractivity contribution < 1.29 is 0 Å². The molecule has 0 heterocycles. The fourth-order valence-corrected chi connectivity index (χ4v) is 1.50. The van der Waals surface area contributed by atoms with Crippen LogP contribution in [-0.4, -0.2) is 31.6 Å². The minimum Gasteiger partial charge on any atom is -0.381 e. The van der Waals surface area contributed by atoms with Crippen molar-refractivity contribution in [3.63, 3.8) is 0 Å². The van der Waals surface area contributed by atoms with Gasteiger partial charge in [0.05, 0.1) is 11.3 Å². The SMILES string of the molecule is CC(CCN(C)C)Nc1ccccc1C#N. The van der Waals surface area contributed by atoms with Gasteiger partial charge >= 0.3 is 0 Å². The minimum atomic E-state index is 0.372. The Labute approximate surface area is 97.7 Å². The number of anilines is 1. The van der Waals surface area contributed by atoms with E-state index in [1.807, 2.05) is 24.3 Å². The molecule has 0 aliphatic carbocycles. The topological polar surface area (TPSA) is 39.1 Å². The quantitative estimate of drug-likeness (QED) is 0.822. The van der Waals surface area contributed by atoms with Gasteiger partial charge in [-0.15, -0.1) is 0 Å². The molecule has 0 aromatic heterocycles. The molecule has 3 nitrogen and oxygen atoms in total. The van der Waals surface area contributed by atoms with Gasteiger partial charge in [0.25, 0.3) is 0 Å². The molecule has 1 aromatic carbocycles. The molecule has 1 aromatic rings. The first-order chi connectivity index (χ1) is 7.63. The molecule has 0 saturated heterocycles. The molecule has 0 fully saturated rings. The number of para-hydroxylation sites is 1. The Morgan fingerprint density at radius 3 is 2.69 bits per heavy atom. The number of nitrogens with zero attached hydrogens (tertiary/aromatic N) is 2. The van der Waals surface area contributed by atoms with E-state index < -0.39 is 0 Å². The van der Waals surface area contributed by atoms with E-state index in [1.54, 1.807) is 0 Å². The summed E-state index contributed by atoms with van der Waals surface area (Å²) in [6.45, 7) is 3.18. The average molecular weight is 217 g/mol. The molecule has 0 aliphatic rings. The standard InChI is InChI=1S/C13H19N3/c1-11(8-9-16(2)3)15-13-7-5-4-6-12(13)10-14/h4-7,11,15H,8-9H2,1-3H3. The minimum absolute atomic E-state index is 0.372. The highest BCUT2D eigenvalue weighted by Gasteiger charge is 2.05. The van der Waals surface area contributed by atoms with E-state index >= 15 is 0 Å². The summed E-state index contributed by atoms with van der Waals surface area (Å²) in [6, 6.07) is 10.2. The van der Waals surface area contributed by atoms with E-state index in [1.165, 1.54) is 0 Å². The van der Waals surface area contributed by atoms with Crippen molar-refractivity contribution in [3.8, 4) is 6.07 Å². The molecule has 0 spiro atoms. The normalized spacial score (nSPS) is 12.2. The van der Waals surface area contributed by atoms with E-state index in [-0.39, 0.29) is 0 Å². The van der Waals surface area contributed by atoms with Crippen LogP contribution in [-0.2, 0) is 0 Å². The summed E-state index contributed by atoms with van der Waals surface area (Å²) >= 11 is 0. The van der Waals surface area contributed by atoms with Crippen molar-refractivity contribution in [1.29, 1.82) is 5.26 Å². The first kappa shape index (κ1) is 12.5. The number of hydrogen-bond acceptors (Lipinski definition) is 3. The van der Waals surface area contributed by atoms with Gasteiger partial charge in [-0.1, -0.05) is 12.1 Å². The van der Waals surface area contributed by atoms with Crippen LogP contribution in [0.4, 0.5) is 5.69 Å². The number of hydrogen-bond donors (Lipinski definition) is 1. The van der Waals surface area contributed by atoms with Gasteiger partial charge in [-0.2, -0.15) is 5.26 Å². The number of benzene rings is 1. The second-order valence-electron chi connectivity index (χ2n) is 4.29. The zero-order chi connectivity index (χ0) is 12.0. The molecule has 0 amide bonds. The van der Waals surface area contributed by atoms with Gasteiger partial charge in [0.1, 0.15) is 6.07 Å². The highest BCUT2D eigenvalue weighted by atomic mass is 15.1. The van der Waals surface area contributed by atoms with Gasteiger partial charge in [-0.05, 0) is 46.1 Å². The molecule has 0 aliphatic heterocycles. The molecule has 1 atom stereocenters. The maximum absolute atomic E-state index is 8.95. The third-order valence-corrected chi connectivity index (χ3v) is 2.46. The number of nitrogens with one attached hydrogen (secondary N) is 1. The maximum atomic E-state index is 8.95. The van der Waals surface area contributed by atoms with Crippen LogP contribution in [0.3, 0.4) is 0 Å². The van der Waals surface area contributed by atoms with Crippen LogP contribution in [0.15, 0.2) is 24.3 Å². The van der Waals surface area contributed by atoms with Gasteiger partial charge in [0, 0.05) is 6.04 Å². The van der Waals surface area contributed by atoms with E-state index in [2.05, 4.69) is 37.3 Å². The first-order valence-corrected chi connectivity index (χ1v) is 5.54. The van der Waals surface area contributed by atoms with Crippen LogP contribution >= 0.6 is 0 Å². The van der Waals surface area contributed by atoms with Crippen molar-refractivity contribution >= 4 is 5.69 Å². The molecule has 1 N–H and O–H groups in total. The average Bonchev–Trinajstić information content (AvgIpc) is 2.27. The Morgan fingerprint density at radius 2 is 2.06 bits per heavy atom. The molecule has 86 valence electrons. The smallest absolute Gasteiger partial charge is 0.101 e. The first-order valence-electron chi connectivity index (χ1n) is 5.54. The monoisotopic (exact) mass is 217 g/mol. The Morgan fingerprint density at radius 1 is 1.38 bits per heavy atom. The molecule has 16 heavy (non-hydrogen) atoms. The summed E-state index contributed by atoms with van der Waals surface area (Å²) in [5.41, 5.74) is 1.63. The van der Waals surface area contributed by atoms with Crippen LogP contribution in [0.5, 0.6) is 0 Å². The van der Waals surface area contributed by atoms with Gasteiger partial charge in [0.2, 0.25) is 0 Å². The summed E-state index contributed by atoms with van der Waals surface area (Å²) in [5, 5.41) is 12.3. The molecule has 3 heteroatoms. The van der Waals surface area contributed by atoms with Gasteiger partial charge < -0.3 is 10.2 Å². The van der Waals surface area contributed by atoms with Crippen molar-refractivity contribution in [1.82, 2.24) is 4.90 Å².